The first-order valence-electron chi connectivity index (χ1n) is 5.37. The van der Waals surface area contributed by atoms with E-state index >= 15 is 0 Å². The molecule has 5 nitrogen and oxygen atoms in total. The number of carboxylic acids is 1. The molecule has 0 fully saturated rings. The maximum Gasteiger partial charge on any atom is 0.323 e. The van der Waals surface area contributed by atoms with Gasteiger partial charge >= 0.3 is 5.97 Å². The predicted octanol–water partition coefficient (Wildman–Crippen LogP) is 1.72. The number of aryl methyl sites for hydroxylation is 1. The third-order valence-corrected chi connectivity index (χ3v) is 2.71. The molecule has 1 aromatic rings. The Kier molecular flexibility index (Phi) is 4.06. The summed E-state index contributed by atoms with van der Waals surface area (Å²) in [7, 11) is 0. The average Bonchev–Trinajstić information content (AvgIpc) is 2.61. The molecule has 1 heterocycles. The van der Waals surface area contributed by atoms with Gasteiger partial charge in [-0.3, -0.25) is 10.1 Å². The van der Waals surface area contributed by atoms with Gasteiger partial charge in [-0.05, 0) is 20.3 Å². The summed E-state index contributed by atoms with van der Waals surface area (Å²) in [4.78, 5) is 15.2. The average molecular weight is 226 g/mol. The smallest absolute Gasteiger partial charge is 0.323 e. The summed E-state index contributed by atoms with van der Waals surface area (Å²) < 4.78 is 5.05. The predicted molar refractivity (Wildman–Crippen MR) is 59.0 cm³/mol. The first kappa shape index (κ1) is 12.7. The van der Waals surface area contributed by atoms with E-state index in [9.17, 15) is 4.79 Å². The number of aromatic nitrogens is 1. The molecule has 5 heteroatoms. The Hall–Kier alpha value is -1.36. The Bertz CT molecular complexity index is 362. The lowest BCUT2D eigenvalue weighted by molar-refractivity contribution is -0.144. The van der Waals surface area contributed by atoms with E-state index in [1.807, 2.05) is 13.8 Å². The summed E-state index contributed by atoms with van der Waals surface area (Å²) in [5, 5.41) is 12.2. The molecule has 1 rings (SSSR count). The van der Waals surface area contributed by atoms with Gasteiger partial charge in [-0.2, -0.15) is 0 Å². The maximum atomic E-state index is 11.1. The SMILES string of the molecule is CCCC(C)(NCc1ncoc1C)C(=O)O. The van der Waals surface area contributed by atoms with Crippen LogP contribution in [0.5, 0.6) is 0 Å². The monoisotopic (exact) mass is 226 g/mol. The molecule has 90 valence electrons. The van der Waals surface area contributed by atoms with Gasteiger partial charge in [0, 0.05) is 6.54 Å². The second kappa shape index (κ2) is 5.12. The molecule has 0 saturated carbocycles. The minimum absolute atomic E-state index is 0.408. The second-order valence-electron chi connectivity index (χ2n) is 4.10. The van der Waals surface area contributed by atoms with Crippen molar-refractivity contribution in [1.29, 1.82) is 0 Å². The summed E-state index contributed by atoms with van der Waals surface area (Å²) in [6.07, 6.45) is 2.76. The molecule has 0 bridgehead atoms. The minimum Gasteiger partial charge on any atom is -0.480 e. The minimum atomic E-state index is -0.903. The first-order chi connectivity index (χ1) is 7.49. The number of aliphatic carboxylic acids is 1. The molecule has 0 aliphatic rings. The van der Waals surface area contributed by atoms with Gasteiger partial charge in [0.05, 0.1) is 5.69 Å². The van der Waals surface area contributed by atoms with Crippen molar-refractivity contribution in [3.8, 4) is 0 Å². The molecule has 0 saturated heterocycles. The van der Waals surface area contributed by atoms with Crippen molar-refractivity contribution in [3.63, 3.8) is 0 Å². The lowest BCUT2D eigenvalue weighted by atomic mass is 9.96. The summed E-state index contributed by atoms with van der Waals surface area (Å²) in [6, 6.07) is 0. The Morgan fingerprint density at radius 2 is 2.38 bits per heavy atom. The Labute approximate surface area is 94.9 Å². The number of carbonyl (C=O) groups is 1. The largest absolute Gasteiger partial charge is 0.480 e. The second-order valence-corrected chi connectivity index (χ2v) is 4.10. The van der Waals surface area contributed by atoms with Crippen LogP contribution in [-0.2, 0) is 11.3 Å². The fraction of sp³-hybridized carbons (Fsp3) is 0.636. The number of hydrogen-bond donors (Lipinski definition) is 2. The van der Waals surface area contributed by atoms with E-state index < -0.39 is 11.5 Å². The molecule has 0 aromatic carbocycles. The molecule has 1 aromatic heterocycles. The number of nitrogens with zero attached hydrogens (tertiary/aromatic N) is 1. The molecule has 1 unspecified atom stereocenters. The van der Waals surface area contributed by atoms with Crippen LogP contribution in [0.2, 0.25) is 0 Å². The van der Waals surface area contributed by atoms with Gasteiger partial charge < -0.3 is 9.52 Å². The maximum absolute atomic E-state index is 11.1. The lowest BCUT2D eigenvalue weighted by Crippen LogP contribution is -2.49. The summed E-state index contributed by atoms with van der Waals surface area (Å²) in [5.74, 6) is -0.118. The summed E-state index contributed by atoms with van der Waals surface area (Å²) >= 11 is 0. The molecule has 16 heavy (non-hydrogen) atoms. The van der Waals surface area contributed by atoms with Crippen molar-refractivity contribution < 1.29 is 14.3 Å². The number of rotatable bonds is 6. The highest BCUT2D eigenvalue weighted by Gasteiger charge is 2.31. The zero-order valence-corrected chi connectivity index (χ0v) is 9.91. The van der Waals surface area contributed by atoms with Crippen molar-refractivity contribution in [1.82, 2.24) is 10.3 Å². The fourth-order valence-electron chi connectivity index (χ4n) is 1.55. The molecular weight excluding hydrogens is 208 g/mol. The number of carboxylic acid groups (broad SMARTS) is 1. The quantitative estimate of drug-likeness (QED) is 0.772. The number of nitrogens with one attached hydrogen (secondary N) is 1. The molecular formula is C11H18N2O3. The van der Waals surface area contributed by atoms with Crippen LogP contribution in [0.1, 0.15) is 38.1 Å². The van der Waals surface area contributed by atoms with Gasteiger partial charge in [-0.25, -0.2) is 4.98 Å². The third-order valence-electron chi connectivity index (χ3n) is 2.71. The standard InChI is InChI=1S/C11H18N2O3/c1-4-5-11(3,10(14)15)13-6-9-8(2)16-7-12-9/h7,13H,4-6H2,1-3H3,(H,14,15). The zero-order chi connectivity index (χ0) is 12.2. The Balaban J connectivity index is 2.64. The van der Waals surface area contributed by atoms with Gasteiger partial charge in [0.15, 0.2) is 6.39 Å². The molecule has 0 spiro atoms. The van der Waals surface area contributed by atoms with Gasteiger partial charge in [-0.15, -0.1) is 0 Å². The fourth-order valence-corrected chi connectivity index (χ4v) is 1.55. The van der Waals surface area contributed by atoms with Gasteiger partial charge in [-0.1, -0.05) is 13.3 Å². The highest BCUT2D eigenvalue weighted by atomic mass is 16.4. The molecule has 0 aliphatic carbocycles. The van der Waals surface area contributed by atoms with Crippen LogP contribution in [0.4, 0.5) is 0 Å². The first-order valence-corrected chi connectivity index (χ1v) is 5.37. The van der Waals surface area contributed by atoms with Gasteiger partial charge in [0.25, 0.3) is 0 Å². The molecule has 0 aliphatic heterocycles. The normalized spacial score (nSPS) is 14.7. The van der Waals surface area contributed by atoms with Crippen LogP contribution in [0, 0.1) is 6.92 Å². The van der Waals surface area contributed by atoms with Gasteiger partial charge in [0.1, 0.15) is 11.3 Å². The Morgan fingerprint density at radius 1 is 1.69 bits per heavy atom. The summed E-state index contributed by atoms with van der Waals surface area (Å²) in [6.45, 7) is 5.87. The van der Waals surface area contributed by atoms with Crippen LogP contribution < -0.4 is 5.32 Å². The van der Waals surface area contributed by atoms with E-state index in [4.69, 9.17) is 9.52 Å². The van der Waals surface area contributed by atoms with E-state index in [1.165, 1.54) is 6.39 Å². The lowest BCUT2D eigenvalue weighted by Gasteiger charge is -2.25. The third kappa shape index (κ3) is 2.82. The van der Waals surface area contributed by atoms with Gasteiger partial charge in [0.2, 0.25) is 0 Å². The molecule has 0 amide bonds. The molecule has 0 radical (unpaired) electrons. The van der Waals surface area contributed by atoms with Crippen molar-refractivity contribution in [2.24, 2.45) is 0 Å². The van der Waals surface area contributed by atoms with Crippen LogP contribution >= 0.6 is 0 Å². The number of oxazole rings is 1. The van der Waals surface area contributed by atoms with E-state index in [-0.39, 0.29) is 0 Å². The highest BCUT2D eigenvalue weighted by Crippen LogP contribution is 2.14. The van der Waals surface area contributed by atoms with Crippen LogP contribution in [0.25, 0.3) is 0 Å². The van der Waals surface area contributed by atoms with Crippen LogP contribution in [0.3, 0.4) is 0 Å². The van der Waals surface area contributed by atoms with Crippen molar-refractivity contribution in [2.45, 2.75) is 45.7 Å². The highest BCUT2D eigenvalue weighted by molar-refractivity contribution is 5.78. The molecule has 2 N–H and O–H groups in total. The molecule has 1 atom stereocenters. The van der Waals surface area contributed by atoms with Crippen molar-refractivity contribution in [2.75, 3.05) is 0 Å². The van der Waals surface area contributed by atoms with Crippen molar-refractivity contribution in [3.05, 3.63) is 17.8 Å². The summed E-state index contributed by atoms with van der Waals surface area (Å²) in [5.41, 5.74) is -0.149. The van der Waals surface area contributed by atoms with Crippen molar-refractivity contribution >= 4 is 5.97 Å². The van der Waals surface area contributed by atoms with E-state index in [0.29, 0.717) is 13.0 Å². The Morgan fingerprint density at radius 3 is 2.81 bits per heavy atom. The van der Waals surface area contributed by atoms with E-state index in [1.54, 1.807) is 6.92 Å². The number of hydrogen-bond acceptors (Lipinski definition) is 4. The zero-order valence-electron chi connectivity index (χ0n) is 9.91. The van der Waals surface area contributed by atoms with Crippen LogP contribution in [-0.4, -0.2) is 21.6 Å². The van der Waals surface area contributed by atoms with Crippen LogP contribution in [0.15, 0.2) is 10.8 Å². The van der Waals surface area contributed by atoms with E-state index in [2.05, 4.69) is 10.3 Å². The van der Waals surface area contributed by atoms with E-state index in [0.717, 1.165) is 17.9 Å². The topological polar surface area (TPSA) is 75.4 Å².